The predicted octanol–water partition coefficient (Wildman–Crippen LogP) is 5.24. The molecular weight excluding hydrogens is 240 g/mol. The van der Waals surface area contributed by atoms with Crippen LogP contribution >= 0.6 is 36.2 Å². The van der Waals surface area contributed by atoms with E-state index < -0.39 is 0 Å². The molecule has 3 heteroatoms. The standard InChI is InChI=1S/C12H18S3/c1-9(6-7-11(3)14-5)12(4)15-8-10(2)13/h6-8,13H,3H2,1-2,4-5H3/b7-6-,10-8+,12-9+. The van der Waals surface area contributed by atoms with Crippen LogP contribution < -0.4 is 0 Å². The van der Waals surface area contributed by atoms with Crippen molar-refractivity contribution in [3.05, 3.63) is 44.4 Å². The largest absolute Gasteiger partial charge is 0.148 e. The fourth-order valence-corrected chi connectivity index (χ4v) is 1.63. The monoisotopic (exact) mass is 258 g/mol. The summed E-state index contributed by atoms with van der Waals surface area (Å²) in [4.78, 5) is 3.39. The summed E-state index contributed by atoms with van der Waals surface area (Å²) in [7, 11) is 0. The molecule has 0 saturated heterocycles. The zero-order valence-corrected chi connectivity index (χ0v) is 12.2. The number of hydrogen-bond acceptors (Lipinski definition) is 3. The van der Waals surface area contributed by atoms with Crippen molar-refractivity contribution in [3.8, 4) is 0 Å². The summed E-state index contributed by atoms with van der Waals surface area (Å²) in [6.07, 6.45) is 6.17. The Labute approximate surface area is 107 Å². The number of allylic oxidation sites excluding steroid dienone is 5. The van der Waals surface area contributed by atoms with Crippen LogP contribution in [0.25, 0.3) is 0 Å². The molecule has 0 fully saturated rings. The van der Waals surface area contributed by atoms with Crippen molar-refractivity contribution in [2.45, 2.75) is 20.8 Å². The van der Waals surface area contributed by atoms with Gasteiger partial charge in [0.15, 0.2) is 0 Å². The van der Waals surface area contributed by atoms with E-state index >= 15 is 0 Å². The lowest BCUT2D eigenvalue weighted by molar-refractivity contribution is 1.45. The lowest BCUT2D eigenvalue weighted by Gasteiger charge is -2.00. The summed E-state index contributed by atoms with van der Waals surface area (Å²) in [6.45, 7) is 10.1. The average molecular weight is 258 g/mol. The second-order valence-electron chi connectivity index (χ2n) is 3.12. The van der Waals surface area contributed by atoms with Gasteiger partial charge in [0, 0.05) is 0 Å². The van der Waals surface area contributed by atoms with Crippen molar-refractivity contribution < 1.29 is 0 Å². The van der Waals surface area contributed by atoms with E-state index in [9.17, 15) is 0 Å². The summed E-state index contributed by atoms with van der Waals surface area (Å²) in [5, 5.41) is 2.04. The third kappa shape index (κ3) is 7.88. The topological polar surface area (TPSA) is 0 Å². The second kappa shape index (κ2) is 8.20. The number of hydrogen-bond donors (Lipinski definition) is 1. The molecule has 15 heavy (non-hydrogen) atoms. The van der Waals surface area contributed by atoms with Gasteiger partial charge in [0.05, 0.1) is 0 Å². The van der Waals surface area contributed by atoms with Gasteiger partial charge in [-0.2, -0.15) is 0 Å². The Morgan fingerprint density at radius 2 is 1.80 bits per heavy atom. The molecular formula is C12H18S3. The maximum Gasteiger partial charge on any atom is -0.000275 e. The van der Waals surface area contributed by atoms with Gasteiger partial charge in [0.1, 0.15) is 0 Å². The summed E-state index contributed by atoms with van der Waals surface area (Å²) in [6, 6.07) is 0. The number of thioether (sulfide) groups is 2. The molecule has 0 aliphatic carbocycles. The molecule has 0 aromatic rings. The molecule has 0 N–H and O–H groups in total. The highest BCUT2D eigenvalue weighted by molar-refractivity contribution is 8.06. The minimum absolute atomic E-state index is 1.03. The Morgan fingerprint density at radius 1 is 1.20 bits per heavy atom. The number of thiol groups is 1. The van der Waals surface area contributed by atoms with Crippen molar-refractivity contribution in [1.29, 1.82) is 0 Å². The summed E-state index contributed by atoms with van der Waals surface area (Å²) < 4.78 is 0. The molecule has 0 radical (unpaired) electrons. The highest BCUT2D eigenvalue weighted by Crippen LogP contribution is 2.23. The fraction of sp³-hybridized carbons (Fsp3) is 0.333. The van der Waals surface area contributed by atoms with Gasteiger partial charge in [-0.15, -0.1) is 36.2 Å². The molecule has 0 aromatic carbocycles. The highest BCUT2D eigenvalue weighted by Gasteiger charge is 1.93. The minimum Gasteiger partial charge on any atom is -0.148 e. The lowest BCUT2D eigenvalue weighted by atomic mass is 10.2. The molecule has 0 aliphatic heterocycles. The van der Waals surface area contributed by atoms with E-state index in [0.29, 0.717) is 0 Å². The van der Waals surface area contributed by atoms with Crippen molar-refractivity contribution in [2.24, 2.45) is 0 Å². The van der Waals surface area contributed by atoms with Gasteiger partial charge in [0.25, 0.3) is 0 Å². The molecule has 0 amide bonds. The van der Waals surface area contributed by atoms with E-state index in [1.54, 1.807) is 23.5 Å². The molecule has 0 spiro atoms. The smallest absolute Gasteiger partial charge is 0.000275 e. The summed E-state index contributed by atoms with van der Waals surface area (Å²) in [5.41, 5.74) is 1.26. The SMILES string of the molecule is C=C(/C=C\C(C)=C(/C)S/C=C(\C)S)SC. The van der Waals surface area contributed by atoms with Crippen LogP contribution in [0.4, 0.5) is 0 Å². The highest BCUT2D eigenvalue weighted by atomic mass is 32.2. The molecule has 0 atom stereocenters. The molecule has 0 nitrogen and oxygen atoms in total. The maximum atomic E-state index is 4.22. The van der Waals surface area contributed by atoms with Crippen molar-refractivity contribution in [3.63, 3.8) is 0 Å². The van der Waals surface area contributed by atoms with E-state index in [-0.39, 0.29) is 0 Å². The van der Waals surface area contributed by atoms with Crippen LogP contribution in [0.3, 0.4) is 0 Å². The van der Waals surface area contributed by atoms with Gasteiger partial charge in [0.2, 0.25) is 0 Å². The molecule has 0 aliphatic rings. The Hall–Kier alpha value is 0.01000. The molecule has 0 saturated carbocycles. The Kier molecular flexibility index (Phi) is 8.20. The van der Waals surface area contributed by atoms with E-state index in [4.69, 9.17) is 0 Å². The minimum atomic E-state index is 1.03. The second-order valence-corrected chi connectivity index (χ2v) is 5.84. The Morgan fingerprint density at radius 3 is 2.27 bits per heavy atom. The first-order chi connectivity index (χ1) is 6.97. The van der Waals surface area contributed by atoms with E-state index in [0.717, 1.165) is 9.81 Å². The van der Waals surface area contributed by atoms with Crippen LogP contribution in [0.15, 0.2) is 44.4 Å². The third-order valence-electron chi connectivity index (χ3n) is 1.74. The van der Waals surface area contributed by atoms with Crippen LogP contribution in [0.1, 0.15) is 20.8 Å². The molecule has 0 aromatic heterocycles. The van der Waals surface area contributed by atoms with Crippen molar-refractivity contribution in [1.82, 2.24) is 0 Å². The number of rotatable bonds is 5. The van der Waals surface area contributed by atoms with Crippen LogP contribution in [0.5, 0.6) is 0 Å². The maximum absolute atomic E-state index is 4.22. The zero-order valence-electron chi connectivity index (χ0n) is 9.70. The van der Waals surface area contributed by atoms with Crippen LogP contribution in [-0.2, 0) is 0 Å². The third-order valence-corrected chi connectivity index (χ3v) is 3.85. The summed E-state index contributed by atoms with van der Waals surface area (Å²) in [5.74, 6) is 0. The van der Waals surface area contributed by atoms with Crippen LogP contribution in [-0.4, -0.2) is 6.26 Å². The van der Waals surface area contributed by atoms with Gasteiger partial charge >= 0.3 is 0 Å². The van der Waals surface area contributed by atoms with E-state index in [1.807, 2.05) is 24.7 Å². The normalized spacial score (nSPS) is 14.3. The van der Waals surface area contributed by atoms with Gasteiger partial charge in [-0.05, 0) is 58.8 Å². The van der Waals surface area contributed by atoms with Gasteiger partial charge in [-0.3, -0.25) is 0 Å². The molecule has 0 unspecified atom stereocenters. The first kappa shape index (κ1) is 15.0. The molecule has 84 valence electrons. The Bertz CT molecular complexity index is 305. The van der Waals surface area contributed by atoms with E-state index in [2.05, 4.69) is 39.1 Å². The van der Waals surface area contributed by atoms with Crippen molar-refractivity contribution >= 4 is 36.2 Å². The van der Waals surface area contributed by atoms with Gasteiger partial charge in [-0.25, -0.2) is 0 Å². The Balaban J connectivity index is 4.45. The first-order valence-electron chi connectivity index (χ1n) is 4.58. The fourth-order valence-electron chi connectivity index (χ4n) is 0.670. The lowest BCUT2D eigenvalue weighted by Crippen LogP contribution is -1.74. The van der Waals surface area contributed by atoms with Gasteiger partial charge in [-0.1, -0.05) is 12.7 Å². The van der Waals surface area contributed by atoms with E-state index in [1.165, 1.54) is 10.5 Å². The quantitative estimate of drug-likeness (QED) is 0.529. The first-order valence-corrected chi connectivity index (χ1v) is 7.13. The molecule has 0 bridgehead atoms. The molecule has 0 rings (SSSR count). The average Bonchev–Trinajstić information content (AvgIpc) is 2.21. The van der Waals surface area contributed by atoms with Crippen LogP contribution in [0.2, 0.25) is 0 Å². The molecule has 0 heterocycles. The predicted molar refractivity (Wildman–Crippen MR) is 80.5 cm³/mol. The summed E-state index contributed by atoms with van der Waals surface area (Å²) >= 11 is 7.59. The van der Waals surface area contributed by atoms with Crippen LogP contribution in [0, 0.1) is 0 Å². The zero-order chi connectivity index (χ0) is 11.8. The van der Waals surface area contributed by atoms with Gasteiger partial charge < -0.3 is 0 Å². The van der Waals surface area contributed by atoms with Crippen molar-refractivity contribution in [2.75, 3.05) is 6.26 Å².